The molecule has 8 nitrogen and oxygen atoms in total. The summed E-state index contributed by atoms with van der Waals surface area (Å²) in [7, 11) is 0. The Balaban J connectivity index is 1.39. The van der Waals surface area contributed by atoms with E-state index >= 15 is 0 Å². The van der Waals surface area contributed by atoms with E-state index in [-0.39, 0.29) is 30.1 Å². The molecule has 1 unspecified atom stereocenters. The largest absolute Gasteiger partial charge is 0.512 e. The smallest absolute Gasteiger partial charge is 0.338 e. The lowest BCUT2D eigenvalue weighted by Crippen LogP contribution is -2.46. The molecule has 2 aliphatic rings. The Bertz CT molecular complexity index is 1300. The van der Waals surface area contributed by atoms with Crippen LogP contribution in [0.4, 0.5) is 0 Å². The number of nitrogens with zero attached hydrogens (tertiary/aromatic N) is 4. The molecular weight excluding hydrogens is 468 g/mol. The van der Waals surface area contributed by atoms with E-state index in [2.05, 4.69) is 15.1 Å². The lowest BCUT2D eigenvalue weighted by molar-refractivity contribution is -0.167. The van der Waals surface area contributed by atoms with Gasteiger partial charge in [0, 0.05) is 12.8 Å². The molecular formula is C26H29ClN4O4. The highest BCUT2D eigenvalue weighted by molar-refractivity contribution is 6.30. The van der Waals surface area contributed by atoms with Crippen LogP contribution in [-0.2, 0) is 28.8 Å². The van der Waals surface area contributed by atoms with Crippen molar-refractivity contribution >= 4 is 23.3 Å². The van der Waals surface area contributed by atoms with Crippen LogP contribution in [0.2, 0.25) is 5.02 Å². The second-order valence-corrected chi connectivity index (χ2v) is 10.0. The third kappa shape index (κ3) is 4.72. The average molecular weight is 497 g/mol. The van der Waals surface area contributed by atoms with Gasteiger partial charge in [0.2, 0.25) is 0 Å². The first-order valence-corrected chi connectivity index (χ1v) is 12.6. The molecule has 0 spiro atoms. The van der Waals surface area contributed by atoms with E-state index in [0.29, 0.717) is 35.2 Å². The van der Waals surface area contributed by atoms with Crippen LogP contribution in [0, 0.1) is 5.92 Å². The van der Waals surface area contributed by atoms with E-state index < -0.39 is 11.6 Å². The van der Waals surface area contributed by atoms with Crippen molar-refractivity contribution in [3.05, 3.63) is 63.9 Å². The number of phenols is 1. The zero-order valence-corrected chi connectivity index (χ0v) is 20.5. The van der Waals surface area contributed by atoms with Crippen molar-refractivity contribution in [3.8, 4) is 5.75 Å². The van der Waals surface area contributed by atoms with Gasteiger partial charge in [0.25, 0.3) is 5.78 Å². The van der Waals surface area contributed by atoms with Crippen molar-refractivity contribution in [1.82, 2.24) is 19.6 Å². The lowest BCUT2D eigenvalue weighted by atomic mass is 9.76. The maximum Gasteiger partial charge on any atom is 0.338 e. The summed E-state index contributed by atoms with van der Waals surface area (Å²) in [5, 5.41) is 25.9. The maximum atomic E-state index is 13.2. The third-order valence-corrected chi connectivity index (χ3v) is 7.55. The van der Waals surface area contributed by atoms with Crippen molar-refractivity contribution in [1.29, 1.82) is 0 Å². The predicted molar refractivity (Wildman–Crippen MR) is 130 cm³/mol. The lowest BCUT2D eigenvalue weighted by Gasteiger charge is -2.41. The van der Waals surface area contributed by atoms with Crippen LogP contribution in [0.1, 0.15) is 62.4 Å². The van der Waals surface area contributed by atoms with Gasteiger partial charge in [-0.3, -0.25) is 0 Å². The number of aromatic hydroxyl groups is 1. The molecule has 35 heavy (non-hydrogen) atoms. The fraction of sp³-hybridized carbons (Fsp3) is 0.462. The number of halogens is 1. The predicted octanol–water partition coefficient (Wildman–Crippen LogP) is 4.91. The molecule has 3 heterocycles. The quantitative estimate of drug-likeness (QED) is 0.447. The number of cyclic esters (lactones) is 1. The highest BCUT2D eigenvalue weighted by Gasteiger charge is 2.48. The number of aromatic nitrogens is 4. The number of aliphatic hydroxyl groups is 1. The molecule has 2 aromatic heterocycles. The molecule has 184 valence electrons. The van der Waals surface area contributed by atoms with Gasteiger partial charge in [-0.2, -0.15) is 4.98 Å². The van der Waals surface area contributed by atoms with Crippen LogP contribution in [-0.4, -0.2) is 41.4 Å². The van der Waals surface area contributed by atoms with E-state index in [1.165, 1.54) is 10.7 Å². The molecule has 1 aliphatic heterocycles. The highest BCUT2D eigenvalue weighted by Crippen LogP contribution is 2.46. The number of hydrogen-bond donors (Lipinski definition) is 2. The first-order chi connectivity index (χ1) is 16.9. The molecule has 0 amide bonds. The number of carbonyl (C=O) groups excluding carboxylic acids is 1. The monoisotopic (exact) mass is 496 g/mol. The Morgan fingerprint density at radius 3 is 2.80 bits per heavy atom. The summed E-state index contributed by atoms with van der Waals surface area (Å²) in [6.07, 6.45) is 9.62. The van der Waals surface area contributed by atoms with Crippen LogP contribution in [0.25, 0.3) is 5.78 Å². The van der Waals surface area contributed by atoms with E-state index in [1.807, 2.05) is 19.1 Å². The number of phenolic OH excluding ortho intramolecular Hbond substituents is 1. The average Bonchev–Trinajstić information content (AvgIpc) is 3.51. The molecule has 1 fully saturated rings. The molecule has 3 aromatic rings. The number of esters is 1. The Hall–Kier alpha value is -3.13. The number of aliphatic hydroxyl groups excluding tert-OH is 1. The Morgan fingerprint density at radius 2 is 2.06 bits per heavy atom. The standard InChI is InChI=1S/C26H29ClN4O4/c1-2-17-11-16(7-8-21(17)32)9-10-26(18-5-3-4-6-18)13-22(33)20(24(34)35-26)12-23-29-25-28-14-19(27)15-31(25)30-23/h7-8,11,14-15,18,32-33H,2-6,9-10,12-13H2,1H3. The summed E-state index contributed by atoms with van der Waals surface area (Å²) in [4.78, 5) is 21.7. The third-order valence-electron chi connectivity index (χ3n) is 7.36. The topological polar surface area (TPSA) is 110 Å². The van der Waals surface area contributed by atoms with Gasteiger partial charge in [0.05, 0.1) is 23.0 Å². The Labute approximate surface area is 208 Å². The molecule has 9 heteroatoms. The van der Waals surface area contributed by atoms with Crippen molar-refractivity contribution < 1.29 is 19.7 Å². The van der Waals surface area contributed by atoms with E-state index in [0.717, 1.165) is 43.2 Å². The molecule has 2 N–H and O–H groups in total. The summed E-state index contributed by atoms with van der Waals surface area (Å²) in [6.45, 7) is 2.01. The van der Waals surface area contributed by atoms with Crippen molar-refractivity contribution in [3.63, 3.8) is 0 Å². The molecule has 5 rings (SSSR count). The van der Waals surface area contributed by atoms with Gasteiger partial charge in [-0.1, -0.05) is 43.5 Å². The summed E-state index contributed by atoms with van der Waals surface area (Å²) >= 11 is 5.97. The number of aryl methyl sites for hydroxylation is 2. The molecule has 1 aromatic carbocycles. The molecule has 1 aliphatic carbocycles. The van der Waals surface area contributed by atoms with Crippen LogP contribution in [0.3, 0.4) is 0 Å². The first kappa shape index (κ1) is 23.6. The van der Waals surface area contributed by atoms with Crippen LogP contribution in [0.5, 0.6) is 5.75 Å². The van der Waals surface area contributed by atoms with E-state index in [9.17, 15) is 15.0 Å². The summed E-state index contributed by atoms with van der Waals surface area (Å²) in [5.41, 5.74) is 1.44. The van der Waals surface area contributed by atoms with Gasteiger partial charge in [-0.25, -0.2) is 14.3 Å². The van der Waals surface area contributed by atoms with Crippen LogP contribution in [0.15, 0.2) is 41.9 Å². The highest BCUT2D eigenvalue weighted by atomic mass is 35.5. The van der Waals surface area contributed by atoms with Gasteiger partial charge in [-0.05, 0) is 55.2 Å². The summed E-state index contributed by atoms with van der Waals surface area (Å²) in [5.74, 6) is 0.784. The SMILES string of the molecule is CCc1cc(CCC2(C3CCCC3)CC(O)=C(Cc3nc4ncc(Cl)cn4n3)C(=O)O2)ccc1O. The normalized spacial score (nSPS) is 21.1. The van der Waals surface area contributed by atoms with Gasteiger partial charge in [0.15, 0.2) is 5.82 Å². The number of carbonyl (C=O) groups is 1. The molecule has 1 atom stereocenters. The molecule has 0 saturated heterocycles. The number of fused-ring (bicyclic) bond motifs is 1. The minimum atomic E-state index is -0.743. The molecule has 1 saturated carbocycles. The first-order valence-electron chi connectivity index (χ1n) is 12.2. The van der Waals surface area contributed by atoms with Gasteiger partial charge >= 0.3 is 5.97 Å². The fourth-order valence-electron chi connectivity index (χ4n) is 5.46. The van der Waals surface area contributed by atoms with Crippen molar-refractivity contribution in [2.24, 2.45) is 5.92 Å². The summed E-state index contributed by atoms with van der Waals surface area (Å²) in [6, 6.07) is 5.65. The van der Waals surface area contributed by atoms with Crippen molar-refractivity contribution in [2.75, 3.05) is 0 Å². The van der Waals surface area contributed by atoms with Gasteiger partial charge < -0.3 is 14.9 Å². The number of ether oxygens (including phenoxy) is 1. The number of benzene rings is 1. The minimum Gasteiger partial charge on any atom is -0.512 e. The zero-order valence-electron chi connectivity index (χ0n) is 19.7. The zero-order chi connectivity index (χ0) is 24.6. The number of rotatable bonds is 7. The fourth-order valence-corrected chi connectivity index (χ4v) is 5.60. The summed E-state index contributed by atoms with van der Waals surface area (Å²) < 4.78 is 7.66. The second kappa shape index (κ2) is 9.49. The minimum absolute atomic E-state index is 0.0537. The maximum absolute atomic E-state index is 13.2. The van der Waals surface area contributed by atoms with E-state index in [1.54, 1.807) is 12.3 Å². The van der Waals surface area contributed by atoms with Crippen LogP contribution >= 0.6 is 11.6 Å². The molecule has 0 radical (unpaired) electrons. The van der Waals surface area contributed by atoms with Gasteiger partial charge in [0.1, 0.15) is 17.1 Å². The van der Waals surface area contributed by atoms with Gasteiger partial charge in [-0.15, -0.1) is 5.10 Å². The van der Waals surface area contributed by atoms with Crippen molar-refractivity contribution in [2.45, 2.75) is 70.3 Å². The Morgan fingerprint density at radius 1 is 1.26 bits per heavy atom. The second-order valence-electron chi connectivity index (χ2n) is 9.58. The van der Waals surface area contributed by atoms with E-state index in [4.69, 9.17) is 16.3 Å². The Kier molecular flexibility index (Phi) is 6.40. The number of hydrogen-bond acceptors (Lipinski definition) is 7. The van der Waals surface area contributed by atoms with Crippen LogP contribution < -0.4 is 0 Å². The molecule has 0 bridgehead atoms.